The highest BCUT2D eigenvalue weighted by Gasteiger charge is 1.88. The summed E-state index contributed by atoms with van der Waals surface area (Å²) in [4.78, 5) is 0. The van der Waals surface area contributed by atoms with Crippen molar-refractivity contribution in [3.63, 3.8) is 0 Å². The van der Waals surface area contributed by atoms with Crippen LogP contribution in [0.3, 0.4) is 0 Å². The SMILES string of the molecule is CCCCCCCCCC=CC[Si]. The van der Waals surface area contributed by atoms with Crippen molar-refractivity contribution in [2.75, 3.05) is 0 Å². The predicted molar refractivity (Wildman–Crippen MR) is 62.3 cm³/mol. The Morgan fingerprint density at radius 3 is 2.08 bits per heavy atom. The standard InChI is InChI=1S/C12H23Si/c1-2-3-4-5-6-7-8-9-10-11-12-13/h10-11H,2-9,12H2,1H3. The van der Waals surface area contributed by atoms with Gasteiger partial charge in [-0.1, -0.05) is 57.6 Å². The lowest BCUT2D eigenvalue weighted by Gasteiger charge is -1.98. The van der Waals surface area contributed by atoms with Crippen molar-refractivity contribution < 1.29 is 0 Å². The molecule has 0 rings (SSSR count). The summed E-state index contributed by atoms with van der Waals surface area (Å²) < 4.78 is 0. The van der Waals surface area contributed by atoms with Gasteiger partial charge in [0.2, 0.25) is 0 Å². The van der Waals surface area contributed by atoms with E-state index in [0.29, 0.717) is 0 Å². The Labute approximate surface area is 87.2 Å². The monoisotopic (exact) mass is 195 g/mol. The van der Waals surface area contributed by atoms with Gasteiger partial charge in [0.25, 0.3) is 0 Å². The van der Waals surface area contributed by atoms with Crippen LogP contribution < -0.4 is 0 Å². The third kappa shape index (κ3) is 12.0. The minimum Gasteiger partial charge on any atom is -0.0919 e. The zero-order valence-electron chi connectivity index (χ0n) is 9.02. The normalized spacial score (nSPS) is 11.2. The maximum absolute atomic E-state index is 3.42. The van der Waals surface area contributed by atoms with Gasteiger partial charge >= 0.3 is 0 Å². The molecular formula is C12H23Si. The van der Waals surface area contributed by atoms with Crippen LogP contribution in [0.5, 0.6) is 0 Å². The van der Waals surface area contributed by atoms with Crippen LogP contribution in [-0.4, -0.2) is 10.2 Å². The first-order chi connectivity index (χ1) is 6.41. The van der Waals surface area contributed by atoms with Gasteiger partial charge in [0, 0.05) is 10.2 Å². The summed E-state index contributed by atoms with van der Waals surface area (Å²) in [6.07, 6.45) is 15.6. The van der Waals surface area contributed by atoms with E-state index in [-0.39, 0.29) is 0 Å². The maximum atomic E-state index is 3.42. The molecule has 0 N–H and O–H groups in total. The zero-order chi connectivity index (χ0) is 9.78. The number of hydrogen-bond donors (Lipinski definition) is 0. The molecule has 0 aliphatic heterocycles. The van der Waals surface area contributed by atoms with Gasteiger partial charge in [-0.2, -0.15) is 0 Å². The summed E-state index contributed by atoms with van der Waals surface area (Å²) in [5.74, 6) is 0. The van der Waals surface area contributed by atoms with E-state index in [2.05, 4.69) is 29.3 Å². The van der Waals surface area contributed by atoms with E-state index < -0.39 is 0 Å². The van der Waals surface area contributed by atoms with Crippen LogP contribution in [0.2, 0.25) is 6.04 Å². The fourth-order valence-corrected chi connectivity index (χ4v) is 1.59. The van der Waals surface area contributed by atoms with Gasteiger partial charge in [-0.05, 0) is 18.9 Å². The molecule has 0 aliphatic carbocycles. The molecule has 75 valence electrons. The van der Waals surface area contributed by atoms with Crippen molar-refractivity contribution in [1.29, 1.82) is 0 Å². The van der Waals surface area contributed by atoms with Crippen molar-refractivity contribution in [3.8, 4) is 0 Å². The smallest absolute Gasteiger partial charge is 0.0275 e. The van der Waals surface area contributed by atoms with Gasteiger partial charge < -0.3 is 0 Å². The Kier molecular flexibility index (Phi) is 11.9. The summed E-state index contributed by atoms with van der Waals surface area (Å²) in [7, 11) is 3.42. The number of rotatable bonds is 9. The summed E-state index contributed by atoms with van der Waals surface area (Å²) >= 11 is 0. The second kappa shape index (κ2) is 12.0. The van der Waals surface area contributed by atoms with Crippen LogP contribution >= 0.6 is 0 Å². The largest absolute Gasteiger partial charge is 0.0919 e. The molecule has 0 nitrogen and oxygen atoms in total. The fraction of sp³-hybridized carbons (Fsp3) is 0.833. The molecule has 0 aromatic carbocycles. The van der Waals surface area contributed by atoms with Crippen molar-refractivity contribution in [2.24, 2.45) is 0 Å². The molecule has 0 spiro atoms. The summed E-state index contributed by atoms with van der Waals surface area (Å²) in [5.41, 5.74) is 0. The van der Waals surface area contributed by atoms with Gasteiger partial charge in [0.15, 0.2) is 0 Å². The molecule has 0 amide bonds. The lowest BCUT2D eigenvalue weighted by Crippen LogP contribution is -1.78. The minimum atomic E-state index is 0.997. The van der Waals surface area contributed by atoms with E-state index in [1.807, 2.05) is 0 Å². The Balaban J connectivity index is 2.87. The Bertz CT molecular complexity index is 108. The molecule has 0 saturated carbocycles. The molecular weight excluding hydrogens is 172 g/mol. The highest BCUT2D eigenvalue weighted by molar-refractivity contribution is 6.09. The van der Waals surface area contributed by atoms with Gasteiger partial charge in [-0.3, -0.25) is 0 Å². The average Bonchev–Trinajstić information content (AvgIpc) is 2.16. The first-order valence-corrected chi connectivity index (χ1v) is 6.42. The number of allylic oxidation sites excluding steroid dienone is 2. The number of hydrogen-bond acceptors (Lipinski definition) is 0. The van der Waals surface area contributed by atoms with E-state index in [4.69, 9.17) is 0 Å². The molecule has 0 aromatic heterocycles. The second-order valence-electron chi connectivity index (χ2n) is 3.59. The minimum absolute atomic E-state index is 0.997. The molecule has 0 aliphatic rings. The van der Waals surface area contributed by atoms with E-state index in [0.717, 1.165) is 6.04 Å². The second-order valence-corrected chi connectivity index (χ2v) is 3.99. The van der Waals surface area contributed by atoms with Crippen molar-refractivity contribution in [1.82, 2.24) is 0 Å². The van der Waals surface area contributed by atoms with Crippen LogP contribution in [0.15, 0.2) is 12.2 Å². The molecule has 3 radical (unpaired) electrons. The maximum Gasteiger partial charge on any atom is 0.0275 e. The van der Waals surface area contributed by atoms with E-state index >= 15 is 0 Å². The molecule has 0 fully saturated rings. The van der Waals surface area contributed by atoms with E-state index in [9.17, 15) is 0 Å². The Morgan fingerprint density at radius 2 is 1.46 bits per heavy atom. The van der Waals surface area contributed by atoms with Crippen LogP contribution in [0.25, 0.3) is 0 Å². The highest BCUT2D eigenvalue weighted by atomic mass is 28.1. The third-order valence-electron chi connectivity index (χ3n) is 2.26. The van der Waals surface area contributed by atoms with Crippen LogP contribution in [-0.2, 0) is 0 Å². The lowest BCUT2D eigenvalue weighted by atomic mass is 10.1. The zero-order valence-corrected chi connectivity index (χ0v) is 10.0. The quantitative estimate of drug-likeness (QED) is 0.293. The molecule has 0 aromatic rings. The van der Waals surface area contributed by atoms with E-state index in [1.165, 1.54) is 51.4 Å². The first kappa shape index (κ1) is 13.0. The predicted octanol–water partition coefficient (Wildman–Crippen LogP) is 4.27. The van der Waals surface area contributed by atoms with Crippen LogP contribution in [0.1, 0.15) is 58.3 Å². The van der Waals surface area contributed by atoms with Crippen LogP contribution in [0, 0.1) is 0 Å². The summed E-state index contributed by atoms with van der Waals surface area (Å²) in [5, 5.41) is 0. The Morgan fingerprint density at radius 1 is 0.846 bits per heavy atom. The molecule has 0 bridgehead atoms. The molecule has 0 atom stereocenters. The fourth-order valence-electron chi connectivity index (χ4n) is 1.42. The van der Waals surface area contributed by atoms with Crippen molar-refractivity contribution >= 4 is 10.2 Å². The van der Waals surface area contributed by atoms with Crippen molar-refractivity contribution in [3.05, 3.63) is 12.2 Å². The topological polar surface area (TPSA) is 0 Å². The van der Waals surface area contributed by atoms with Gasteiger partial charge in [0.05, 0.1) is 0 Å². The molecule has 0 unspecified atom stereocenters. The molecule has 0 saturated heterocycles. The van der Waals surface area contributed by atoms with Crippen LogP contribution in [0.4, 0.5) is 0 Å². The third-order valence-corrected chi connectivity index (χ3v) is 2.49. The number of unbranched alkanes of at least 4 members (excludes halogenated alkanes) is 7. The summed E-state index contributed by atoms with van der Waals surface area (Å²) in [6.45, 7) is 2.27. The molecule has 0 heterocycles. The van der Waals surface area contributed by atoms with E-state index in [1.54, 1.807) is 0 Å². The highest BCUT2D eigenvalue weighted by Crippen LogP contribution is 2.08. The van der Waals surface area contributed by atoms with Gasteiger partial charge in [-0.25, -0.2) is 0 Å². The molecule has 1 heteroatoms. The van der Waals surface area contributed by atoms with Gasteiger partial charge in [-0.15, -0.1) is 0 Å². The summed E-state index contributed by atoms with van der Waals surface area (Å²) in [6, 6.07) is 0.997. The van der Waals surface area contributed by atoms with Crippen molar-refractivity contribution in [2.45, 2.75) is 64.3 Å². The lowest BCUT2D eigenvalue weighted by molar-refractivity contribution is 0.592. The Hall–Kier alpha value is -0.0431. The molecule has 13 heavy (non-hydrogen) atoms. The first-order valence-electron chi connectivity index (χ1n) is 5.71. The van der Waals surface area contributed by atoms with Gasteiger partial charge in [0.1, 0.15) is 0 Å². The average molecular weight is 195 g/mol.